The van der Waals surface area contributed by atoms with Crippen LogP contribution in [0.4, 0.5) is 0 Å². The SMILES string of the molecule is CC(C)=CCCC(C)N([O-])[C@H]1[C@H]2OC(C)(C)O[C@H]2O[C@@H]1[C@H]1COC(C)(C)O1. The molecule has 7 heteroatoms. The van der Waals surface area contributed by atoms with Crippen LogP contribution in [-0.2, 0) is 23.7 Å². The van der Waals surface area contributed by atoms with Crippen LogP contribution >= 0.6 is 0 Å². The minimum absolute atomic E-state index is 0.168. The first-order valence-electron chi connectivity index (χ1n) is 9.91. The van der Waals surface area contributed by atoms with Crippen LogP contribution in [0.2, 0.25) is 0 Å². The first-order valence-corrected chi connectivity index (χ1v) is 9.91. The van der Waals surface area contributed by atoms with E-state index in [0.29, 0.717) is 6.61 Å². The zero-order valence-electron chi connectivity index (χ0n) is 17.6. The summed E-state index contributed by atoms with van der Waals surface area (Å²) in [7, 11) is 0. The molecule has 0 bridgehead atoms. The molecule has 3 aliphatic rings. The van der Waals surface area contributed by atoms with Crippen molar-refractivity contribution in [3.8, 4) is 0 Å². The second kappa shape index (κ2) is 7.71. The van der Waals surface area contributed by atoms with E-state index in [4.69, 9.17) is 23.7 Å². The van der Waals surface area contributed by atoms with Crippen LogP contribution in [0.15, 0.2) is 11.6 Å². The Morgan fingerprint density at radius 1 is 1.11 bits per heavy atom. The first-order chi connectivity index (χ1) is 12.5. The second-order valence-corrected chi connectivity index (χ2v) is 8.99. The van der Waals surface area contributed by atoms with E-state index < -0.39 is 36.1 Å². The second-order valence-electron chi connectivity index (χ2n) is 8.99. The van der Waals surface area contributed by atoms with Crippen molar-refractivity contribution in [2.75, 3.05) is 6.61 Å². The molecule has 3 fully saturated rings. The quantitative estimate of drug-likeness (QED) is 0.514. The molecule has 27 heavy (non-hydrogen) atoms. The number of allylic oxidation sites excluding steroid dienone is 2. The molecule has 0 spiro atoms. The molecule has 6 atom stereocenters. The van der Waals surface area contributed by atoms with Gasteiger partial charge in [0.15, 0.2) is 17.9 Å². The highest BCUT2D eigenvalue weighted by atomic mass is 16.8. The third kappa shape index (κ3) is 4.72. The van der Waals surface area contributed by atoms with Crippen LogP contribution in [0.3, 0.4) is 0 Å². The van der Waals surface area contributed by atoms with Crippen LogP contribution in [0.25, 0.3) is 0 Å². The number of rotatable bonds is 6. The van der Waals surface area contributed by atoms with Gasteiger partial charge in [0.05, 0.1) is 12.6 Å². The van der Waals surface area contributed by atoms with Crippen LogP contribution < -0.4 is 0 Å². The highest BCUT2D eigenvalue weighted by Gasteiger charge is 2.58. The Morgan fingerprint density at radius 3 is 2.41 bits per heavy atom. The van der Waals surface area contributed by atoms with E-state index in [2.05, 4.69) is 19.9 Å². The van der Waals surface area contributed by atoms with Crippen LogP contribution in [0.5, 0.6) is 0 Å². The van der Waals surface area contributed by atoms with Crippen molar-refractivity contribution in [2.45, 2.75) is 110 Å². The Balaban J connectivity index is 1.75. The maximum Gasteiger partial charge on any atom is 0.189 e. The topological polar surface area (TPSA) is 72.5 Å². The normalized spacial score (nSPS) is 38.2. The molecule has 3 heterocycles. The lowest BCUT2D eigenvalue weighted by Gasteiger charge is -2.45. The van der Waals surface area contributed by atoms with Crippen LogP contribution in [-0.4, -0.2) is 59.9 Å². The number of fused-ring (bicyclic) bond motifs is 1. The van der Waals surface area contributed by atoms with Gasteiger partial charge >= 0.3 is 0 Å². The molecule has 0 amide bonds. The summed E-state index contributed by atoms with van der Waals surface area (Å²) in [5, 5.41) is 14.4. The third-order valence-corrected chi connectivity index (χ3v) is 5.31. The number of hydrogen-bond donors (Lipinski definition) is 0. The molecule has 0 N–H and O–H groups in total. The Hall–Kier alpha value is -0.540. The van der Waals surface area contributed by atoms with Crippen molar-refractivity contribution >= 4 is 0 Å². The minimum atomic E-state index is -0.767. The summed E-state index contributed by atoms with van der Waals surface area (Å²) >= 11 is 0. The predicted molar refractivity (Wildman–Crippen MR) is 101 cm³/mol. The molecule has 0 radical (unpaired) electrons. The highest BCUT2D eigenvalue weighted by Crippen LogP contribution is 2.43. The van der Waals surface area contributed by atoms with E-state index in [1.54, 1.807) is 0 Å². The third-order valence-electron chi connectivity index (χ3n) is 5.31. The Morgan fingerprint density at radius 2 is 1.81 bits per heavy atom. The number of hydrogen-bond acceptors (Lipinski definition) is 7. The highest BCUT2D eigenvalue weighted by molar-refractivity contribution is 5.04. The molecule has 0 aromatic carbocycles. The summed E-state index contributed by atoms with van der Waals surface area (Å²) in [6.45, 7) is 13.9. The van der Waals surface area contributed by atoms with E-state index >= 15 is 0 Å². The molecule has 0 saturated carbocycles. The smallest absolute Gasteiger partial charge is 0.189 e. The van der Waals surface area contributed by atoms with Gasteiger partial charge in [0, 0.05) is 0 Å². The average Bonchev–Trinajstić information content (AvgIpc) is 3.14. The Labute approximate surface area is 162 Å². The van der Waals surface area contributed by atoms with Gasteiger partial charge in [-0.2, -0.15) is 0 Å². The first kappa shape index (κ1) is 21.2. The lowest BCUT2D eigenvalue weighted by atomic mass is 10.00. The fraction of sp³-hybridized carbons (Fsp3) is 0.900. The van der Waals surface area contributed by atoms with Gasteiger partial charge in [-0.05, 0) is 60.4 Å². The van der Waals surface area contributed by atoms with Gasteiger partial charge < -0.3 is 34.0 Å². The van der Waals surface area contributed by atoms with E-state index in [1.165, 1.54) is 5.57 Å². The monoisotopic (exact) mass is 384 g/mol. The van der Waals surface area contributed by atoms with Crippen molar-refractivity contribution in [2.24, 2.45) is 0 Å². The predicted octanol–water partition coefficient (Wildman–Crippen LogP) is 3.32. The fourth-order valence-electron chi connectivity index (χ4n) is 4.02. The van der Waals surface area contributed by atoms with Gasteiger partial charge in [-0.15, -0.1) is 0 Å². The van der Waals surface area contributed by atoms with Gasteiger partial charge in [0.2, 0.25) is 0 Å². The van der Waals surface area contributed by atoms with Gasteiger partial charge in [0.1, 0.15) is 18.3 Å². The summed E-state index contributed by atoms with van der Waals surface area (Å²) in [5.41, 5.74) is 1.26. The molecule has 3 aliphatic heterocycles. The fourth-order valence-corrected chi connectivity index (χ4v) is 4.02. The molecular formula is C20H34NO6-. The van der Waals surface area contributed by atoms with Gasteiger partial charge in [0.25, 0.3) is 0 Å². The number of ether oxygens (including phenoxy) is 5. The van der Waals surface area contributed by atoms with Crippen LogP contribution in [0.1, 0.15) is 61.3 Å². The summed E-state index contributed by atoms with van der Waals surface area (Å²) in [4.78, 5) is 0. The van der Waals surface area contributed by atoms with Crippen LogP contribution in [0, 0.1) is 5.21 Å². The van der Waals surface area contributed by atoms with Gasteiger partial charge in [-0.25, -0.2) is 0 Å². The summed E-state index contributed by atoms with van der Waals surface area (Å²) in [6, 6.07) is -0.668. The largest absolute Gasteiger partial charge is 0.785 e. The van der Waals surface area contributed by atoms with E-state index in [-0.39, 0.29) is 12.1 Å². The van der Waals surface area contributed by atoms with Gasteiger partial charge in [-0.3, -0.25) is 0 Å². The summed E-state index contributed by atoms with van der Waals surface area (Å²) < 4.78 is 29.7. The Kier molecular flexibility index (Phi) is 6.04. The maximum atomic E-state index is 13.3. The Bertz CT molecular complexity index is 559. The molecule has 7 nitrogen and oxygen atoms in total. The molecule has 0 aliphatic carbocycles. The molecule has 3 rings (SSSR count). The van der Waals surface area contributed by atoms with E-state index in [0.717, 1.165) is 17.9 Å². The zero-order valence-corrected chi connectivity index (χ0v) is 17.6. The van der Waals surface area contributed by atoms with Crippen molar-refractivity contribution < 1.29 is 23.7 Å². The van der Waals surface area contributed by atoms with Crippen molar-refractivity contribution in [1.82, 2.24) is 5.06 Å². The molecule has 156 valence electrons. The molecule has 3 saturated heterocycles. The summed E-state index contributed by atoms with van der Waals surface area (Å²) in [6.07, 6.45) is 2.00. The van der Waals surface area contributed by atoms with E-state index in [1.807, 2.05) is 34.6 Å². The van der Waals surface area contributed by atoms with Crippen molar-refractivity contribution in [1.29, 1.82) is 0 Å². The molecular weight excluding hydrogens is 350 g/mol. The molecule has 0 aromatic heterocycles. The number of hydroxylamine groups is 2. The standard InChI is InChI=1S/C20H34NO6/c1-12(2)9-8-10-13(3)21(22)15-16(14-11-23-19(4,5)25-14)24-18-17(15)26-20(6,7)27-18/h9,13-18H,8,10-11H2,1-7H3/q-1/t13?,14-,15-,16-,17-,18-/m1/s1. The van der Waals surface area contributed by atoms with E-state index in [9.17, 15) is 5.21 Å². The zero-order chi connectivity index (χ0) is 20.0. The van der Waals surface area contributed by atoms with Gasteiger partial charge in [-0.1, -0.05) is 18.6 Å². The average molecular weight is 384 g/mol. The molecule has 0 aromatic rings. The minimum Gasteiger partial charge on any atom is -0.785 e. The van der Waals surface area contributed by atoms with Crippen molar-refractivity contribution in [3.05, 3.63) is 16.9 Å². The number of nitrogens with zero attached hydrogens (tertiary/aromatic N) is 1. The van der Waals surface area contributed by atoms with Crippen molar-refractivity contribution in [3.63, 3.8) is 0 Å². The lowest BCUT2D eigenvalue weighted by Crippen LogP contribution is -2.53. The summed E-state index contributed by atoms with van der Waals surface area (Å²) in [5.74, 6) is -1.45. The molecule has 1 unspecified atom stereocenters. The lowest BCUT2D eigenvalue weighted by molar-refractivity contribution is -0.227. The maximum absolute atomic E-state index is 13.3.